The fourth-order valence-electron chi connectivity index (χ4n) is 4.05. The van der Waals surface area contributed by atoms with E-state index < -0.39 is 17.7 Å². The third kappa shape index (κ3) is 5.10. The summed E-state index contributed by atoms with van der Waals surface area (Å²) in [5.41, 5.74) is 0.955. The van der Waals surface area contributed by atoms with Crippen LogP contribution in [0.5, 0.6) is 5.88 Å². The van der Waals surface area contributed by atoms with Gasteiger partial charge in [0.15, 0.2) is 6.10 Å². The lowest BCUT2D eigenvalue weighted by Gasteiger charge is -2.35. The van der Waals surface area contributed by atoms with Crippen molar-refractivity contribution in [2.24, 2.45) is 5.41 Å². The Labute approximate surface area is 173 Å². The summed E-state index contributed by atoms with van der Waals surface area (Å²) in [6.07, 6.45) is -4.55. The molecule has 0 radical (unpaired) electrons. The van der Waals surface area contributed by atoms with E-state index in [1.807, 2.05) is 17.0 Å². The second kappa shape index (κ2) is 9.02. The first-order chi connectivity index (χ1) is 14.3. The Morgan fingerprint density at radius 1 is 1.23 bits per heavy atom. The van der Waals surface area contributed by atoms with E-state index in [2.05, 4.69) is 4.98 Å². The van der Waals surface area contributed by atoms with Crippen molar-refractivity contribution in [2.45, 2.75) is 38.1 Å². The van der Waals surface area contributed by atoms with E-state index in [1.165, 1.54) is 7.11 Å². The minimum Gasteiger partial charge on any atom is -0.481 e. The van der Waals surface area contributed by atoms with Gasteiger partial charge in [0.1, 0.15) is 0 Å². The second-order valence-electron chi connectivity index (χ2n) is 7.78. The minimum absolute atomic E-state index is 0.149. The molecular weight excluding hydrogens is 395 g/mol. The maximum Gasteiger partial charge on any atom is 0.414 e. The van der Waals surface area contributed by atoms with Gasteiger partial charge in [-0.1, -0.05) is 18.2 Å². The first-order valence-corrected chi connectivity index (χ1v) is 9.71. The van der Waals surface area contributed by atoms with Crippen molar-refractivity contribution in [2.75, 3.05) is 20.2 Å². The highest BCUT2D eigenvalue weighted by atomic mass is 19.4. The lowest BCUT2D eigenvalue weighted by atomic mass is 9.76. The number of aryl methyl sites for hydroxylation is 1. The lowest BCUT2D eigenvalue weighted by molar-refractivity contribution is -0.238. The van der Waals surface area contributed by atoms with Gasteiger partial charge in [-0.15, -0.1) is 0 Å². The first kappa shape index (κ1) is 22.1. The smallest absolute Gasteiger partial charge is 0.414 e. The monoisotopic (exact) mass is 419 g/mol. The molecule has 3 rings (SSSR count). The third-order valence-corrected chi connectivity index (χ3v) is 5.76. The number of benzene rings is 1. The van der Waals surface area contributed by atoms with Crippen LogP contribution in [0.4, 0.5) is 13.2 Å². The van der Waals surface area contributed by atoms with Gasteiger partial charge in [-0.2, -0.15) is 18.4 Å². The molecule has 1 fully saturated rings. The number of nitriles is 1. The Morgan fingerprint density at radius 3 is 2.50 bits per heavy atom. The number of nitrogens with zero attached hydrogens (tertiary/aromatic N) is 3. The topological polar surface area (TPSA) is 69.4 Å². The number of methoxy groups -OCH3 is 1. The quantitative estimate of drug-likeness (QED) is 0.741. The van der Waals surface area contributed by atoms with E-state index >= 15 is 0 Å². The number of likely N-dealkylation sites (tertiary alicyclic amines) is 1. The minimum atomic E-state index is -4.68. The van der Waals surface area contributed by atoms with E-state index in [9.17, 15) is 18.3 Å². The van der Waals surface area contributed by atoms with Crippen LogP contribution in [0.2, 0.25) is 0 Å². The first-order valence-electron chi connectivity index (χ1n) is 9.71. The standard InChI is InChI=1S/C22H24F3N3O2/c1-30-19-7-6-18(13-27-19)14-28-11-10-21(15-28,20(29)22(23,24)25)9-8-16-2-4-17(12-26)5-3-16/h2-7,13,20,29H,8-11,14-15H2,1H3/t20?,21-/m1/s1. The SMILES string of the molecule is COc1ccc(CN2CC[C@@](CCc3ccc(C#N)cc3)(C(O)C(F)(F)F)C2)cn1. The molecule has 1 N–H and O–H groups in total. The molecule has 0 saturated carbocycles. The van der Waals surface area contributed by atoms with Gasteiger partial charge in [0.2, 0.25) is 5.88 Å². The molecule has 160 valence electrons. The maximum atomic E-state index is 13.5. The summed E-state index contributed by atoms with van der Waals surface area (Å²) in [6.45, 7) is 1.07. The van der Waals surface area contributed by atoms with Gasteiger partial charge >= 0.3 is 6.18 Å². The van der Waals surface area contributed by atoms with Crippen molar-refractivity contribution in [1.29, 1.82) is 5.26 Å². The molecule has 1 aliphatic heterocycles. The molecule has 2 heterocycles. The van der Waals surface area contributed by atoms with Crippen LogP contribution in [-0.2, 0) is 13.0 Å². The Kier molecular flexibility index (Phi) is 6.64. The fraction of sp³-hybridized carbons (Fsp3) is 0.455. The summed E-state index contributed by atoms with van der Waals surface area (Å²) in [4.78, 5) is 6.07. The van der Waals surface area contributed by atoms with E-state index in [4.69, 9.17) is 10.00 Å². The number of aliphatic hydroxyl groups excluding tert-OH is 1. The molecule has 1 aromatic heterocycles. The molecule has 2 atom stereocenters. The number of aliphatic hydroxyl groups is 1. The van der Waals surface area contributed by atoms with E-state index in [1.54, 1.807) is 36.5 Å². The van der Waals surface area contributed by atoms with Crippen molar-refractivity contribution in [1.82, 2.24) is 9.88 Å². The highest BCUT2D eigenvalue weighted by Gasteiger charge is 2.54. The van der Waals surface area contributed by atoms with Crippen LogP contribution in [0.1, 0.15) is 29.5 Å². The average molecular weight is 419 g/mol. The van der Waals surface area contributed by atoms with Crippen molar-refractivity contribution >= 4 is 0 Å². The van der Waals surface area contributed by atoms with Crippen molar-refractivity contribution in [3.8, 4) is 11.9 Å². The summed E-state index contributed by atoms with van der Waals surface area (Å²) in [5.74, 6) is 0.476. The van der Waals surface area contributed by atoms with Crippen molar-refractivity contribution < 1.29 is 23.0 Å². The molecule has 1 saturated heterocycles. The van der Waals surface area contributed by atoms with Crippen LogP contribution in [0.3, 0.4) is 0 Å². The van der Waals surface area contributed by atoms with Crippen LogP contribution in [0.15, 0.2) is 42.6 Å². The number of halogens is 3. The number of aromatic nitrogens is 1. The number of rotatable bonds is 7. The highest BCUT2D eigenvalue weighted by Crippen LogP contribution is 2.44. The Bertz CT molecular complexity index is 878. The molecule has 0 amide bonds. The molecule has 0 spiro atoms. The van der Waals surface area contributed by atoms with Crippen molar-refractivity contribution in [3.05, 3.63) is 59.3 Å². The average Bonchev–Trinajstić information content (AvgIpc) is 3.16. The second-order valence-corrected chi connectivity index (χ2v) is 7.78. The molecule has 8 heteroatoms. The summed E-state index contributed by atoms with van der Waals surface area (Å²) in [5, 5.41) is 19.1. The van der Waals surface area contributed by atoms with Crippen molar-refractivity contribution in [3.63, 3.8) is 0 Å². The summed E-state index contributed by atoms with van der Waals surface area (Å²) in [7, 11) is 1.52. The zero-order valence-corrected chi connectivity index (χ0v) is 16.7. The molecule has 1 aliphatic rings. The van der Waals surface area contributed by atoms with Gasteiger partial charge in [0.25, 0.3) is 0 Å². The summed E-state index contributed by atoms with van der Waals surface area (Å²) < 4.78 is 45.5. The van der Waals surface area contributed by atoms with Crippen LogP contribution in [0.25, 0.3) is 0 Å². The van der Waals surface area contributed by atoms with Gasteiger partial charge in [0.05, 0.1) is 18.7 Å². The predicted octanol–water partition coefficient (Wildman–Crippen LogP) is 3.71. The Hall–Kier alpha value is -2.63. The zero-order valence-electron chi connectivity index (χ0n) is 16.7. The van der Waals surface area contributed by atoms with Gasteiger partial charge < -0.3 is 9.84 Å². The van der Waals surface area contributed by atoms with Crippen LogP contribution in [-0.4, -0.2) is 47.5 Å². The fourth-order valence-corrected chi connectivity index (χ4v) is 4.05. The lowest BCUT2D eigenvalue weighted by Crippen LogP contribution is -2.47. The van der Waals surface area contributed by atoms with Gasteiger partial charge in [0, 0.05) is 30.8 Å². The van der Waals surface area contributed by atoms with Crippen LogP contribution in [0, 0.1) is 16.7 Å². The molecule has 0 aliphatic carbocycles. The van der Waals surface area contributed by atoms with Crippen LogP contribution < -0.4 is 4.74 Å². The Morgan fingerprint density at radius 2 is 1.93 bits per heavy atom. The number of ether oxygens (including phenoxy) is 1. The maximum absolute atomic E-state index is 13.5. The number of pyridine rings is 1. The molecule has 2 aromatic rings. The number of hydrogen-bond acceptors (Lipinski definition) is 5. The highest BCUT2D eigenvalue weighted by molar-refractivity contribution is 5.31. The third-order valence-electron chi connectivity index (χ3n) is 5.76. The van der Waals surface area contributed by atoms with Gasteiger partial charge in [-0.05, 0) is 49.1 Å². The van der Waals surface area contributed by atoms with E-state index in [0.29, 0.717) is 31.0 Å². The summed E-state index contributed by atoms with van der Waals surface area (Å²) in [6, 6.07) is 12.4. The molecular formula is C22H24F3N3O2. The molecule has 0 bridgehead atoms. The Balaban J connectivity index is 1.72. The van der Waals surface area contributed by atoms with Gasteiger partial charge in [-0.3, -0.25) is 4.90 Å². The largest absolute Gasteiger partial charge is 0.481 e. The van der Waals surface area contributed by atoms with Crippen LogP contribution >= 0.6 is 0 Å². The zero-order chi connectivity index (χ0) is 21.8. The van der Waals surface area contributed by atoms with E-state index in [0.717, 1.165) is 11.1 Å². The van der Waals surface area contributed by atoms with Gasteiger partial charge in [-0.25, -0.2) is 4.98 Å². The molecule has 30 heavy (non-hydrogen) atoms. The summed E-state index contributed by atoms with van der Waals surface area (Å²) >= 11 is 0. The predicted molar refractivity (Wildman–Crippen MR) is 105 cm³/mol. The molecule has 1 unspecified atom stereocenters. The normalized spacial score (nSPS) is 20.7. The molecule has 1 aromatic carbocycles. The van der Waals surface area contributed by atoms with E-state index in [-0.39, 0.29) is 19.4 Å². The number of hydrogen-bond donors (Lipinski definition) is 1. The molecule has 5 nitrogen and oxygen atoms in total. The number of alkyl halides is 3.